The first-order valence-corrected chi connectivity index (χ1v) is 15.7. The fourth-order valence-corrected chi connectivity index (χ4v) is 7.04. The van der Waals surface area contributed by atoms with Crippen molar-refractivity contribution in [3.8, 4) is 40.7 Å². The SMILES string of the molecule is N#Cc1cc(C#N)cc(-c2c(-n3c4ccccc4c4cc(C(F)(F)F)ccc43)cc(C#N)cc2-n2c3ccccc3c3cc(C(F)(F)F)ccc32)c1. The van der Waals surface area contributed by atoms with E-state index in [1.807, 2.05) is 0 Å². The Morgan fingerprint density at radius 3 is 1.21 bits per heavy atom. The molecule has 52 heavy (non-hydrogen) atoms. The summed E-state index contributed by atoms with van der Waals surface area (Å²) in [5.41, 5.74) is 1.90. The molecule has 5 nitrogen and oxygen atoms in total. The van der Waals surface area contributed by atoms with Gasteiger partial charge in [-0.2, -0.15) is 42.1 Å². The van der Waals surface area contributed by atoms with Gasteiger partial charge in [0.25, 0.3) is 0 Å². The second-order valence-electron chi connectivity index (χ2n) is 12.2. The average molecular weight is 696 g/mol. The number of nitrogens with zero attached hydrogens (tertiary/aromatic N) is 5. The largest absolute Gasteiger partial charge is 0.416 e. The number of alkyl halides is 6. The van der Waals surface area contributed by atoms with E-state index in [2.05, 4.69) is 18.2 Å². The van der Waals surface area contributed by atoms with Crippen molar-refractivity contribution >= 4 is 43.6 Å². The number of aromatic nitrogens is 2. The molecule has 0 spiro atoms. The van der Waals surface area contributed by atoms with Crippen molar-refractivity contribution in [2.24, 2.45) is 0 Å². The Morgan fingerprint density at radius 1 is 0.423 bits per heavy atom. The standard InChI is InChI=1S/C41H19F6N5/c42-40(43,44)27-9-11-35-31(18-27)29-5-1-3-7-33(29)51(35)37-16-25(22-50)17-38(39(37)26-14-23(20-48)13-24(15-26)21-49)52-34-8-4-2-6-30(34)32-19-28(41(45,46)47)10-12-36(32)52/h1-19H. The van der Waals surface area contributed by atoms with Crippen molar-refractivity contribution in [2.45, 2.75) is 12.4 Å². The molecule has 0 amide bonds. The Labute approximate surface area is 290 Å². The number of hydrogen-bond acceptors (Lipinski definition) is 3. The normalized spacial score (nSPS) is 12.0. The van der Waals surface area contributed by atoms with Crippen molar-refractivity contribution in [3.63, 3.8) is 0 Å². The summed E-state index contributed by atoms with van der Waals surface area (Å²) in [6.07, 6.45) is -9.24. The van der Waals surface area contributed by atoms with E-state index in [4.69, 9.17) is 0 Å². The summed E-state index contributed by atoms with van der Waals surface area (Å²) in [6.45, 7) is 0. The van der Waals surface area contributed by atoms with Gasteiger partial charge in [0, 0.05) is 27.1 Å². The van der Waals surface area contributed by atoms with Gasteiger partial charge in [0.1, 0.15) is 0 Å². The first kappa shape index (κ1) is 32.2. The first-order valence-electron chi connectivity index (χ1n) is 15.7. The van der Waals surface area contributed by atoms with Crippen molar-refractivity contribution in [2.75, 3.05) is 0 Å². The molecular formula is C41H19F6N5. The van der Waals surface area contributed by atoms with Gasteiger partial charge in [0.05, 0.1) is 79.5 Å². The Bertz CT molecular complexity index is 2740. The monoisotopic (exact) mass is 695 g/mol. The highest BCUT2D eigenvalue weighted by Crippen LogP contribution is 2.45. The molecule has 0 unspecified atom stereocenters. The van der Waals surface area contributed by atoms with E-state index in [9.17, 15) is 42.1 Å². The second kappa shape index (κ2) is 11.5. The molecule has 0 aliphatic heterocycles. The smallest absolute Gasteiger partial charge is 0.308 e. The maximum Gasteiger partial charge on any atom is 0.416 e. The lowest BCUT2D eigenvalue weighted by Crippen LogP contribution is -2.07. The van der Waals surface area contributed by atoms with Gasteiger partial charge in [-0.1, -0.05) is 36.4 Å². The zero-order valence-corrected chi connectivity index (χ0v) is 26.5. The minimum absolute atomic E-state index is 0.140. The molecule has 11 heteroatoms. The van der Waals surface area contributed by atoms with Crippen LogP contribution in [0.5, 0.6) is 0 Å². The predicted molar refractivity (Wildman–Crippen MR) is 185 cm³/mol. The van der Waals surface area contributed by atoms with Crippen LogP contribution in [0.1, 0.15) is 27.8 Å². The summed E-state index contributed by atoms with van der Waals surface area (Å²) in [5.74, 6) is 0. The maximum absolute atomic E-state index is 14.0. The van der Waals surface area contributed by atoms with Gasteiger partial charge < -0.3 is 9.13 Å². The molecule has 250 valence electrons. The lowest BCUT2D eigenvalue weighted by molar-refractivity contribution is -0.138. The second-order valence-corrected chi connectivity index (χ2v) is 12.2. The minimum Gasteiger partial charge on any atom is -0.308 e. The van der Waals surface area contributed by atoms with Crippen LogP contribution in [0.2, 0.25) is 0 Å². The van der Waals surface area contributed by atoms with Crippen molar-refractivity contribution in [3.05, 3.63) is 143 Å². The van der Waals surface area contributed by atoms with Crippen LogP contribution in [0.25, 0.3) is 66.1 Å². The van der Waals surface area contributed by atoms with Crippen LogP contribution in [-0.2, 0) is 12.4 Å². The summed E-state index contributed by atoms with van der Waals surface area (Å²) in [4.78, 5) is 0. The average Bonchev–Trinajstić information content (AvgIpc) is 3.65. The highest BCUT2D eigenvalue weighted by Gasteiger charge is 2.33. The minimum atomic E-state index is -4.62. The number of nitriles is 3. The van der Waals surface area contributed by atoms with E-state index in [0.29, 0.717) is 66.1 Å². The van der Waals surface area contributed by atoms with Crippen molar-refractivity contribution < 1.29 is 26.3 Å². The lowest BCUT2D eigenvalue weighted by Gasteiger charge is -2.21. The Balaban J connectivity index is 1.59. The van der Waals surface area contributed by atoms with Crippen LogP contribution in [0.4, 0.5) is 26.3 Å². The van der Waals surface area contributed by atoms with Gasteiger partial charge in [-0.15, -0.1) is 0 Å². The summed E-state index contributed by atoms with van der Waals surface area (Å²) in [5, 5.41) is 31.9. The number of rotatable bonds is 3. The highest BCUT2D eigenvalue weighted by molar-refractivity contribution is 6.12. The predicted octanol–water partition coefficient (Wildman–Crippen LogP) is 11.2. The number of halogens is 6. The Hall–Kier alpha value is -7.03. The molecule has 0 atom stereocenters. The topological polar surface area (TPSA) is 81.2 Å². The molecule has 0 radical (unpaired) electrons. The Morgan fingerprint density at radius 2 is 0.808 bits per heavy atom. The van der Waals surface area contributed by atoms with Crippen LogP contribution in [0, 0.1) is 34.0 Å². The summed E-state index contributed by atoms with van der Waals surface area (Å²) < 4.78 is 87.3. The zero-order valence-electron chi connectivity index (χ0n) is 26.5. The van der Waals surface area contributed by atoms with Crippen LogP contribution in [0.3, 0.4) is 0 Å². The number of benzene rings is 6. The quantitative estimate of drug-likeness (QED) is 0.173. The zero-order chi connectivity index (χ0) is 36.5. The molecule has 0 N–H and O–H groups in total. The maximum atomic E-state index is 14.0. The molecule has 8 rings (SSSR count). The fourth-order valence-electron chi connectivity index (χ4n) is 7.04. The van der Waals surface area contributed by atoms with Gasteiger partial charge in [-0.25, -0.2) is 0 Å². The van der Waals surface area contributed by atoms with Crippen LogP contribution >= 0.6 is 0 Å². The third kappa shape index (κ3) is 5.01. The van der Waals surface area contributed by atoms with E-state index in [-0.39, 0.29) is 16.7 Å². The third-order valence-electron chi connectivity index (χ3n) is 9.19. The highest BCUT2D eigenvalue weighted by atomic mass is 19.4. The number of hydrogen-bond donors (Lipinski definition) is 0. The fraction of sp³-hybridized carbons (Fsp3) is 0.0488. The van der Waals surface area contributed by atoms with Crippen LogP contribution in [0.15, 0.2) is 115 Å². The number of para-hydroxylation sites is 2. The number of fused-ring (bicyclic) bond motifs is 6. The van der Waals surface area contributed by atoms with E-state index < -0.39 is 23.5 Å². The Kier molecular flexibility index (Phi) is 7.13. The van der Waals surface area contributed by atoms with Crippen molar-refractivity contribution in [1.29, 1.82) is 15.8 Å². The first-order chi connectivity index (χ1) is 24.9. The van der Waals surface area contributed by atoms with E-state index in [1.165, 1.54) is 18.2 Å². The molecule has 0 saturated carbocycles. The molecular weight excluding hydrogens is 676 g/mol. The van der Waals surface area contributed by atoms with Gasteiger partial charge in [-0.05, 0) is 84.4 Å². The lowest BCUT2D eigenvalue weighted by atomic mass is 9.95. The molecule has 6 aromatic carbocycles. The molecule has 0 aliphatic carbocycles. The molecule has 0 aliphatic rings. The van der Waals surface area contributed by atoms with E-state index >= 15 is 0 Å². The molecule has 8 aromatic rings. The van der Waals surface area contributed by atoms with Crippen LogP contribution < -0.4 is 0 Å². The molecule has 0 bridgehead atoms. The molecule has 0 saturated heterocycles. The molecule has 0 fully saturated rings. The van der Waals surface area contributed by atoms with Gasteiger partial charge in [-0.3, -0.25) is 0 Å². The summed E-state index contributed by atoms with van der Waals surface area (Å²) in [6, 6.07) is 34.5. The van der Waals surface area contributed by atoms with Gasteiger partial charge in [0.15, 0.2) is 0 Å². The van der Waals surface area contributed by atoms with Crippen LogP contribution in [-0.4, -0.2) is 9.13 Å². The van der Waals surface area contributed by atoms with Gasteiger partial charge in [0.2, 0.25) is 0 Å². The molecule has 2 heterocycles. The van der Waals surface area contributed by atoms with E-state index in [1.54, 1.807) is 81.9 Å². The van der Waals surface area contributed by atoms with Gasteiger partial charge >= 0.3 is 12.4 Å². The third-order valence-corrected chi connectivity index (χ3v) is 9.19. The van der Waals surface area contributed by atoms with Crippen molar-refractivity contribution in [1.82, 2.24) is 9.13 Å². The molecule has 2 aromatic heterocycles. The van der Waals surface area contributed by atoms with E-state index in [0.717, 1.165) is 24.3 Å². The summed E-state index contributed by atoms with van der Waals surface area (Å²) >= 11 is 0. The summed E-state index contributed by atoms with van der Waals surface area (Å²) in [7, 11) is 0.